The number of carbonyl (C=O) groups is 1. The summed E-state index contributed by atoms with van der Waals surface area (Å²) in [6, 6.07) is 15.4. The van der Waals surface area contributed by atoms with Crippen LogP contribution < -0.4 is 14.9 Å². The summed E-state index contributed by atoms with van der Waals surface area (Å²) in [5.41, 5.74) is 4.24. The molecule has 0 saturated heterocycles. The minimum atomic E-state index is -0.217. The highest BCUT2D eigenvalue weighted by molar-refractivity contribution is 5.82. The number of rotatable bonds is 6. The summed E-state index contributed by atoms with van der Waals surface area (Å²) in [5, 5.41) is 3.82. The van der Waals surface area contributed by atoms with Crippen molar-refractivity contribution in [1.82, 2.24) is 5.43 Å². The minimum absolute atomic E-state index is 0.217. The molecule has 114 valence electrons. The van der Waals surface area contributed by atoms with Crippen LogP contribution in [0.25, 0.3) is 0 Å². The van der Waals surface area contributed by atoms with Gasteiger partial charge < -0.3 is 9.47 Å². The molecule has 0 atom stereocenters. The highest BCUT2D eigenvalue weighted by Gasteiger charge is 2.05. The van der Waals surface area contributed by atoms with Crippen LogP contribution in [0.15, 0.2) is 53.6 Å². The third kappa shape index (κ3) is 4.63. The van der Waals surface area contributed by atoms with Crippen molar-refractivity contribution in [1.29, 1.82) is 0 Å². The maximum atomic E-state index is 10.8. The average molecular weight is 298 g/mol. The molecule has 0 aliphatic rings. The van der Waals surface area contributed by atoms with Gasteiger partial charge in [-0.2, -0.15) is 5.10 Å². The molecule has 0 saturated carbocycles. The monoisotopic (exact) mass is 298 g/mol. The number of carbonyl (C=O) groups excluding carboxylic acids is 1. The summed E-state index contributed by atoms with van der Waals surface area (Å²) in [5.74, 6) is 1.05. The van der Waals surface area contributed by atoms with E-state index in [0.717, 1.165) is 11.1 Å². The fourth-order valence-corrected chi connectivity index (χ4v) is 1.82. The first kappa shape index (κ1) is 15.6. The molecule has 1 N–H and O–H groups in total. The van der Waals surface area contributed by atoms with Gasteiger partial charge in [-0.05, 0) is 29.3 Å². The fourth-order valence-electron chi connectivity index (χ4n) is 1.82. The van der Waals surface area contributed by atoms with Crippen molar-refractivity contribution in [2.75, 3.05) is 7.11 Å². The van der Waals surface area contributed by atoms with Crippen molar-refractivity contribution in [3.05, 3.63) is 59.7 Å². The van der Waals surface area contributed by atoms with E-state index in [1.165, 1.54) is 6.92 Å². The van der Waals surface area contributed by atoms with E-state index in [9.17, 15) is 4.79 Å². The predicted octanol–water partition coefficient (Wildman–Crippen LogP) is 2.74. The van der Waals surface area contributed by atoms with Crippen LogP contribution in [0.5, 0.6) is 11.5 Å². The topological polar surface area (TPSA) is 59.9 Å². The smallest absolute Gasteiger partial charge is 0.236 e. The second-order valence-electron chi connectivity index (χ2n) is 4.61. The van der Waals surface area contributed by atoms with E-state index < -0.39 is 0 Å². The lowest BCUT2D eigenvalue weighted by Crippen LogP contribution is -2.12. The second-order valence-corrected chi connectivity index (χ2v) is 4.61. The molecule has 1 amide bonds. The summed E-state index contributed by atoms with van der Waals surface area (Å²) < 4.78 is 11.1. The van der Waals surface area contributed by atoms with Gasteiger partial charge in [0, 0.05) is 6.92 Å². The Labute approximate surface area is 129 Å². The van der Waals surface area contributed by atoms with Crippen molar-refractivity contribution in [2.45, 2.75) is 13.5 Å². The number of hydrazone groups is 1. The van der Waals surface area contributed by atoms with Crippen LogP contribution in [0.2, 0.25) is 0 Å². The van der Waals surface area contributed by atoms with E-state index >= 15 is 0 Å². The van der Waals surface area contributed by atoms with Gasteiger partial charge in [-0.25, -0.2) is 5.43 Å². The van der Waals surface area contributed by atoms with Gasteiger partial charge in [-0.3, -0.25) is 4.79 Å². The maximum Gasteiger partial charge on any atom is 0.236 e. The summed E-state index contributed by atoms with van der Waals surface area (Å²) in [4.78, 5) is 10.8. The summed E-state index contributed by atoms with van der Waals surface area (Å²) in [6.45, 7) is 1.87. The minimum Gasteiger partial charge on any atom is -0.493 e. The van der Waals surface area contributed by atoms with Gasteiger partial charge in [0.1, 0.15) is 6.61 Å². The molecule has 0 radical (unpaired) electrons. The molecule has 0 spiro atoms. The highest BCUT2D eigenvalue weighted by atomic mass is 16.5. The third-order valence-electron chi connectivity index (χ3n) is 2.86. The predicted molar refractivity (Wildman–Crippen MR) is 85.2 cm³/mol. The van der Waals surface area contributed by atoms with Crippen LogP contribution in [-0.2, 0) is 11.4 Å². The Bertz CT molecular complexity index is 654. The van der Waals surface area contributed by atoms with E-state index in [2.05, 4.69) is 10.5 Å². The number of hydrogen-bond donors (Lipinski definition) is 1. The van der Waals surface area contributed by atoms with E-state index in [-0.39, 0.29) is 5.91 Å². The van der Waals surface area contributed by atoms with Gasteiger partial charge in [-0.1, -0.05) is 30.3 Å². The largest absolute Gasteiger partial charge is 0.493 e. The Kier molecular flexibility index (Phi) is 5.54. The van der Waals surface area contributed by atoms with Gasteiger partial charge in [-0.15, -0.1) is 0 Å². The lowest BCUT2D eigenvalue weighted by molar-refractivity contribution is -0.118. The van der Waals surface area contributed by atoms with Crippen LogP contribution in [-0.4, -0.2) is 19.2 Å². The molecule has 5 nitrogen and oxygen atoms in total. The molecular weight excluding hydrogens is 280 g/mol. The Morgan fingerprint density at radius 3 is 2.64 bits per heavy atom. The summed E-state index contributed by atoms with van der Waals surface area (Å²) in [6.07, 6.45) is 1.55. The van der Waals surface area contributed by atoms with Crippen LogP contribution in [0.1, 0.15) is 18.1 Å². The molecule has 2 rings (SSSR count). The first-order valence-corrected chi connectivity index (χ1v) is 6.83. The summed E-state index contributed by atoms with van der Waals surface area (Å²) >= 11 is 0. The maximum absolute atomic E-state index is 10.8. The number of nitrogens with zero attached hydrogens (tertiary/aromatic N) is 1. The number of methoxy groups -OCH3 is 1. The average Bonchev–Trinajstić information content (AvgIpc) is 2.54. The number of benzene rings is 2. The summed E-state index contributed by atoms with van der Waals surface area (Å²) in [7, 11) is 1.58. The molecule has 0 bridgehead atoms. The van der Waals surface area contributed by atoms with Gasteiger partial charge in [0.25, 0.3) is 0 Å². The Morgan fingerprint density at radius 1 is 1.18 bits per heavy atom. The van der Waals surface area contributed by atoms with Crippen molar-refractivity contribution in [3.63, 3.8) is 0 Å². The van der Waals surface area contributed by atoms with Gasteiger partial charge >= 0.3 is 0 Å². The van der Waals surface area contributed by atoms with Crippen molar-refractivity contribution >= 4 is 12.1 Å². The molecule has 0 heterocycles. The van der Waals surface area contributed by atoms with Crippen molar-refractivity contribution in [2.24, 2.45) is 5.10 Å². The van der Waals surface area contributed by atoms with Crippen molar-refractivity contribution < 1.29 is 14.3 Å². The van der Waals surface area contributed by atoms with Crippen LogP contribution in [0.3, 0.4) is 0 Å². The molecule has 0 aliphatic heterocycles. The highest BCUT2D eigenvalue weighted by Crippen LogP contribution is 2.28. The molecule has 0 unspecified atom stereocenters. The molecule has 2 aromatic rings. The normalized spacial score (nSPS) is 10.5. The lowest BCUT2D eigenvalue weighted by atomic mass is 10.2. The van der Waals surface area contributed by atoms with E-state index in [1.807, 2.05) is 42.5 Å². The fraction of sp³-hybridized carbons (Fsp3) is 0.176. The number of nitrogens with one attached hydrogen (secondary N) is 1. The lowest BCUT2D eigenvalue weighted by Gasteiger charge is -2.11. The van der Waals surface area contributed by atoms with Crippen LogP contribution in [0.4, 0.5) is 0 Å². The van der Waals surface area contributed by atoms with Crippen molar-refractivity contribution in [3.8, 4) is 11.5 Å². The molecule has 0 aliphatic carbocycles. The van der Waals surface area contributed by atoms with E-state index in [1.54, 1.807) is 19.4 Å². The Morgan fingerprint density at radius 2 is 1.95 bits per heavy atom. The molecule has 2 aromatic carbocycles. The molecule has 5 heteroatoms. The number of hydrogen-bond acceptors (Lipinski definition) is 4. The zero-order valence-corrected chi connectivity index (χ0v) is 12.6. The van der Waals surface area contributed by atoms with Crippen LogP contribution in [0, 0.1) is 0 Å². The zero-order valence-electron chi connectivity index (χ0n) is 12.6. The van der Waals surface area contributed by atoms with Gasteiger partial charge in [0.2, 0.25) is 5.91 Å². The SMILES string of the molecule is COc1cc(/C=N/NC(C)=O)ccc1OCc1ccccc1. The standard InChI is InChI=1S/C17H18N2O3/c1-13(20)19-18-11-15-8-9-16(17(10-15)21-2)22-12-14-6-4-3-5-7-14/h3-11H,12H2,1-2H3,(H,19,20)/b18-11+. The third-order valence-corrected chi connectivity index (χ3v) is 2.86. The number of ether oxygens (including phenoxy) is 2. The Hall–Kier alpha value is -2.82. The van der Waals surface area contributed by atoms with E-state index in [0.29, 0.717) is 18.1 Å². The Balaban J connectivity index is 2.05. The van der Waals surface area contributed by atoms with Crippen LogP contribution >= 0.6 is 0 Å². The first-order valence-electron chi connectivity index (χ1n) is 6.83. The quantitative estimate of drug-likeness (QED) is 0.659. The second kappa shape index (κ2) is 7.83. The zero-order chi connectivity index (χ0) is 15.8. The van der Waals surface area contributed by atoms with Gasteiger partial charge in [0.15, 0.2) is 11.5 Å². The molecule has 0 fully saturated rings. The molecule has 0 aromatic heterocycles. The molecular formula is C17H18N2O3. The van der Waals surface area contributed by atoms with E-state index in [4.69, 9.17) is 9.47 Å². The first-order chi connectivity index (χ1) is 10.7. The van der Waals surface area contributed by atoms with Gasteiger partial charge in [0.05, 0.1) is 13.3 Å². The molecule has 22 heavy (non-hydrogen) atoms. The number of amides is 1.